The lowest BCUT2D eigenvalue weighted by atomic mass is 9.76. The van der Waals surface area contributed by atoms with Crippen molar-refractivity contribution in [3.05, 3.63) is 0 Å². The molecule has 0 aromatic rings. The number of hydrogen-bond acceptors (Lipinski definition) is 4. The minimum Gasteiger partial charge on any atom is -0.355 e. The van der Waals surface area contributed by atoms with Gasteiger partial charge in [0, 0.05) is 26.2 Å². The number of nitrogens with one attached hydrogen (secondary N) is 1. The van der Waals surface area contributed by atoms with E-state index in [0.717, 1.165) is 25.6 Å². The molecule has 1 unspecified atom stereocenters. The molecule has 1 saturated heterocycles. The van der Waals surface area contributed by atoms with E-state index in [2.05, 4.69) is 48.1 Å². The zero-order valence-electron chi connectivity index (χ0n) is 12.1. The first-order valence-electron chi connectivity index (χ1n) is 6.70. The molecule has 1 N–H and O–H groups in total. The van der Waals surface area contributed by atoms with Crippen LogP contribution in [0.5, 0.6) is 0 Å². The highest BCUT2D eigenvalue weighted by Gasteiger charge is 2.35. The summed E-state index contributed by atoms with van der Waals surface area (Å²) in [6.07, 6.45) is 2.65. The summed E-state index contributed by atoms with van der Waals surface area (Å²) >= 11 is 0. The molecule has 4 nitrogen and oxygen atoms in total. The predicted molar refractivity (Wildman–Crippen MR) is 87.8 cm³/mol. The Morgan fingerprint density at radius 3 is 2.61 bits per heavy atom. The zero-order chi connectivity index (χ0) is 12.5. The lowest BCUT2D eigenvalue weighted by molar-refractivity contribution is 0.0609. The Hall–Kier alpha value is -0.0400. The SMILES string of the molecule is CN1CCN=C1NCC1N(C)CCCC1(C)C.I. The van der Waals surface area contributed by atoms with Gasteiger partial charge >= 0.3 is 0 Å². The second-order valence-corrected chi connectivity index (χ2v) is 6.10. The first-order valence-corrected chi connectivity index (χ1v) is 6.70. The number of rotatable bonds is 2. The van der Waals surface area contributed by atoms with Gasteiger partial charge in [0.15, 0.2) is 5.96 Å². The molecule has 0 aromatic carbocycles. The molecule has 0 spiro atoms. The van der Waals surface area contributed by atoms with Gasteiger partial charge in [-0.25, -0.2) is 0 Å². The van der Waals surface area contributed by atoms with E-state index in [4.69, 9.17) is 0 Å². The number of halogens is 1. The van der Waals surface area contributed by atoms with Crippen LogP contribution >= 0.6 is 24.0 Å². The van der Waals surface area contributed by atoms with E-state index >= 15 is 0 Å². The predicted octanol–water partition coefficient (Wildman–Crippen LogP) is 1.62. The molecule has 0 aromatic heterocycles. The summed E-state index contributed by atoms with van der Waals surface area (Å²) in [5, 5.41) is 3.52. The maximum absolute atomic E-state index is 4.49. The van der Waals surface area contributed by atoms with Crippen LogP contribution in [-0.4, -0.2) is 62.1 Å². The molecule has 106 valence electrons. The summed E-state index contributed by atoms with van der Waals surface area (Å²) in [4.78, 5) is 9.18. The van der Waals surface area contributed by atoms with E-state index in [1.165, 1.54) is 19.4 Å². The van der Waals surface area contributed by atoms with Crippen LogP contribution in [0, 0.1) is 5.41 Å². The first-order chi connectivity index (χ1) is 8.00. The van der Waals surface area contributed by atoms with Crippen LogP contribution in [0.2, 0.25) is 0 Å². The Balaban J connectivity index is 0.00000162. The van der Waals surface area contributed by atoms with Crippen molar-refractivity contribution in [3.8, 4) is 0 Å². The molecule has 18 heavy (non-hydrogen) atoms. The van der Waals surface area contributed by atoms with Crippen molar-refractivity contribution in [1.29, 1.82) is 0 Å². The highest BCUT2D eigenvalue weighted by atomic mass is 127. The van der Waals surface area contributed by atoms with Crippen LogP contribution < -0.4 is 5.32 Å². The van der Waals surface area contributed by atoms with Crippen molar-refractivity contribution in [2.75, 3.05) is 40.3 Å². The van der Waals surface area contributed by atoms with Crippen molar-refractivity contribution in [1.82, 2.24) is 15.1 Å². The summed E-state index contributed by atoms with van der Waals surface area (Å²) in [7, 11) is 4.35. The van der Waals surface area contributed by atoms with Crippen LogP contribution in [0.25, 0.3) is 0 Å². The number of guanidine groups is 1. The smallest absolute Gasteiger partial charge is 0.193 e. The molecule has 0 saturated carbocycles. The van der Waals surface area contributed by atoms with Gasteiger partial charge in [-0.3, -0.25) is 4.99 Å². The fraction of sp³-hybridized carbons (Fsp3) is 0.923. The average Bonchev–Trinajstić information content (AvgIpc) is 2.63. The number of likely N-dealkylation sites (N-methyl/N-ethyl adjacent to an activating group) is 2. The van der Waals surface area contributed by atoms with Gasteiger partial charge in [-0.2, -0.15) is 0 Å². The number of piperidine rings is 1. The van der Waals surface area contributed by atoms with E-state index in [1.54, 1.807) is 0 Å². The Morgan fingerprint density at radius 1 is 1.33 bits per heavy atom. The molecular weight excluding hydrogens is 339 g/mol. The average molecular weight is 366 g/mol. The van der Waals surface area contributed by atoms with Crippen molar-refractivity contribution >= 4 is 29.9 Å². The van der Waals surface area contributed by atoms with Crippen LogP contribution in [-0.2, 0) is 0 Å². The molecule has 5 heteroatoms. The molecule has 0 aliphatic carbocycles. The second-order valence-electron chi connectivity index (χ2n) is 6.10. The van der Waals surface area contributed by atoms with Gasteiger partial charge in [-0.1, -0.05) is 13.8 Å². The summed E-state index contributed by atoms with van der Waals surface area (Å²) in [6.45, 7) is 8.98. The number of aliphatic imine (C=N–C) groups is 1. The Bertz CT molecular complexity index is 303. The highest BCUT2D eigenvalue weighted by Crippen LogP contribution is 2.33. The highest BCUT2D eigenvalue weighted by molar-refractivity contribution is 14.0. The van der Waals surface area contributed by atoms with Gasteiger partial charge in [-0.05, 0) is 31.8 Å². The molecule has 1 fully saturated rings. The third kappa shape index (κ3) is 3.50. The fourth-order valence-electron chi connectivity index (χ4n) is 3.05. The molecule has 2 heterocycles. The zero-order valence-corrected chi connectivity index (χ0v) is 14.4. The minimum atomic E-state index is 0. The summed E-state index contributed by atoms with van der Waals surface area (Å²) < 4.78 is 0. The topological polar surface area (TPSA) is 30.9 Å². The first kappa shape index (κ1) is 16.0. The van der Waals surface area contributed by atoms with E-state index in [-0.39, 0.29) is 24.0 Å². The van der Waals surface area contributed by atoms with Crippen molar-refractivity contribution < 1.29 is 0 Å². The lowest BCUT2D eigenvalue weighted by Gasteiger charge is -2.45. The number of hydrogen-bond donors (Lipinski definition) is 1. The molecule has 0 radical (unpaired) electrons. The summed E-state index contributed by atoms with van der Waals surface area (Å²) in [5.74, 6) is 1.07. The van der Waals surface area contributed by atoms with Gasteiger partial charge in [0.1, 0.15) is 0 Å². The van der Waals surface area contributed by atoms with Crippen LogP contribution in [0.1, 0.15) is 26.7 Å². The molecule has 2 aliphatic heterocycles. The van der Waals surface area contributed by atoms with Crippen LogP contribution in [0.4, 0.5) is 0 Å². The lowest BCUT2D eigenvalue weighted by Crippen LogP contribution is -2.54. The standard InChI is InChI=1S/C13H26N4.HI/c1-13(2)6-5-8-16(3)11(13)10-15-12-14-7-9-17(12)4;/h11H,5-10H2,1-4H3,(H,14,15);1H. The molecule has 2 rings (SSSR count). The second kappa shape index (κ2) is 6.41. The van der Waals surface area contributed by atoms with E-state index in [0.29, 0.717) is 11.5 Å². The molecular formula is C13H27IN4. The van der Waals surface area contributed by atoms with Crippen molar-refractivity contribution in [2.45, 2.75) is 32.7 Å². The Labute approximate surface area is 128 Å². The largest absolute Gasteiger partial charge is 0.355 e. The van der Waals surface area contributed by atoms with Crippen molar-refractivity contribution in [3.63, 3.8) is 0 Å². The molecule has 1 atom stereocenters. The van der Waals surface area contributed by atoms with Crippen molar-refractivity contribution in [2.24, 2.45) is 10.4 Å². The minimum absolute atomic E-state index is 0. The summed E-state index contributed by atoms with van der Waals surface area (Å²) in [6, 6.07) is 0.605. The van der Waals surface area contributed by atoms with Gasteiger partial charge < -0.3 is 15.1 Å². The maximum atomic E-state index is 4.49. The third-order valence-corrected chi connectivity index (χ3v) is 4.28. The van der Waals surface area contributed by atoms with Gasteiger partial charge in [0.2, 0.25) is 0 Å². The van der Waals surface area contributed by atoms with Gasteiger partial charge in [0.05, 0.1) is 6.54 Å². The van der Waals surface area contributed by atoms with Crippen LogP contribution in [0.3, 0.4) is 0 Å². The molecule has 0 amide bonds. The Kier molecular flexibility index (Phi) is 5.70. The monoisotopic (exact) mass is 366 g/mol. The number of likely N-dealkylation sites (tertiary alicyclic amines) is 1. The van der Waals surface area contributed by atoms with Gasteiger partial charge in [-0.15, -0.1) is 24.0 Å². The fourth-order valence-corrected chi connectivity index (χ4v) is 3.05. The van der Waals surface area contributed by atoms with E-state index in [9.17, 15) is 0 Å². The Morgan fingerprint density at radius 2 is 2.06 bits per heavy atom. The van der Waals surface area contributed by atoms with E-state index in [1.807, 2.05) is 0 Å². The quantitative estimate of drug-likeness (QED) is 0.754. The van der Waals surface area contributed by atoms with Crippen LogP contribution in [0.15, 0.2) is 4.99 Å². The molecule has 2 aliphatic rings. The molecule has 0 bridgehead atoms. The summed E-state index contributed by atoms with van der Waals surface area (Å²) in [5.41, 5.74) is 0.401. The van der Waals surface area contributed by atoms with Gasteiger partial charge in [0.25, 0.3) is 0 Å². The maximum Gasteiger partial charge on any atom is 0.193 e. The van der Waals surface area contributed by atoms with E-state index < -0.39 is 0 Å². The normalized spacial score (nSPS) is 27.7. The third-order valence-electron chi connectivity index (χ3n) is 4.28. The number of nitrogens with zero attached hydrogens (tertiary/aromatic N) is 3.